The van der Waals surface area contributed by atoms with Crippen LogP contribution in [-0.4, -0.2) is 43.1 Å². The van der Waals surface area contributed by atoms with Gasteiger partial charge >= 0.3 is 6.09 Å². The van der Waals surface area contributed by atoms with Gasteiger partial charge in [0, 0.05) is 17.6 Å². The SMILES string of the molecule is CC(C)(C)OC(=O)N(Cc1cccc(Br)c1)CC1CCS(=O)(=O)C1. The van der Waals surface area contributed by atoms with E-state index in [2.05, 4.69) is 15.9 Å². The number of rotatable bonds is 4. The van der Waals surface area contributed by atoms with Gasteiger partial charge in [-0.15, -0.1) is 0 Å². The number of nitrogens with zero attached hydrogens (tertiary/aromatic N) is 1. The van der Waals surface area contributed by atoms with E-state index in [9.17, 15) is 13.2 Å². The summed E-state index contributed by atoms with van der Waals surface area (Å²) in [5.74, 6) is 0.316. The Morgan fingerprint density at radius 2 is 2.08 bits per heavy atom. The lowest BCUT2D eigenvalue weighted by Gasteiger charge is -2.29. The van der Waals surface area contributed by atoms with Gasteiger partial charge < -0.3 is 9.64 Å². The van der Waals surface area contributed by atoms with Crippen LogP contribution in [0, 0.1) is 5.92 Å². The van der Waals surface area contributed by atoms with Gasteiger partial charge in [-0.1, -0.05) is 28.1 Å². The van der Waals surface area contributed by atoms with Gasteiger partial charge in [-0.05, 0) is 50.8 Å². The minimum absolute atomic E-state index is 0.0327. The number of sulfone groups is 1. The van der Waals surface area contributed by atoms with Crippen LogP contribution in [0.1, 0.15) is 32.8 Å². The first-order chi connectivity index (χ1) is 11.0. The summed E-state index contributed by atoms with van der Waals surface area (Å²) in [5.41, 5.74) is 0.380. The monoisotopic (exact) mass is 417 g/mol. The highest BCUT2D eigenvalue weighted by Crippen LogP contribution is 2.22. The summed E-state index contributed by atoms with van der Waals surface area (Å²) in [6.07, 6.45) is 0.187. The van der Waals surface area contributed by atoms with E-state index in [0.717, 1.165) is 10.0 Å². The molecule has 2 rings (SSSR count). The lowest BCUT2D eigenvalue weighted by Crippen LogP contribution is -2.39. The topological polar surface area (TPSA) is 63.7 Å². The first-order valence-electron chi connectivity index (χ1n) is 7.97. The molecule has 0 bridgehead atoms. The number of halogens is 1. The Kier molecular flexibility index (Phi) is 5.96. The molecule has 0 aliphatic carbocycles. The highest BCUT2D eigenvalue weighted by atomic mass is 79.9. The second-order valence-corrected chi connectivity index (χ2v) is 10.4. The molecule has 1 aliphatic rings. The Labute approximate surface area is 152 Å². The van der Waals surface area contributed by atoms with Gasteiger partial charge in [0.25, 0.3) is 0 Å². The zero-order valence-corrected chi connectivity index (χ0v) is 16.7. The fraction of sp³-hybridized carbons (Fsp3) is 0.588. The van der Waals surface area contributed by atoms with Crippen molar-refractivity contribution in [2.24, 2.45) is 5.92 Å². The van der Waals surface area contributed by atoms with Crippen molar-refractivity contribution in [3.8, 4) is 0 Å². The summed E-state index contributed by atoms with van der Waals surface area (Å²) in [4.78, 5) is 14.1. The average molecular weight is 418 g/mol. The summed E-state index contributed by atoms with van der Waals surface area (Å²) in [6.45, 7) is 6.25. The molecular weight excluding hydrogens is 394 g/mol. The number of benzene rings is 1. The van der Waals surface area contributed by atoms with Crippen molar-refractivity contribution in [1.82, 2.24) is 4.90 Å². The number of carbonyl (C=O) groups excluding carboxylic acids is 1. The maximum absolute atomic E-state index is 12.5. The van der Waals surface area contributed by atoms with Crippen LogP contribution in [0.2, 0.25) is 0 Å². The van der Waals surface area contributed by atoms with Crippen molar-refractivity contribution in [1.29, 1.82) is 0 Å². The predicted molar refractivity (Wildman–Crippen MR) is 97.5 cm³/mol. The number of amides is 1. The second-order valence-electron chi connectivity index (χ2n) is 7.26. The van der Waals surface area contributed by atoms with Gasteiger partial charge in [0.05, 0.1) is 11.5 Å². The summed E-state index contributed by atoms with van der Waals surface area (Å²) in [7, 11) is -2.97. The van der Waals surface area contributed by atoms with Crippen molar-refractivity contribution in [3.05, 3.63) is 34.3 Å². The van der Waals surface area contributed by atoms with Crippen molar-refractivity contribution >= 4 is 31.9 Å². The van der Waals surface area contributed by atoms with Crippen LogP contribution in [0.25, 0.3) is 0 Å². The third-order valence-electron chi connectivity index (χ3n) is 3.72. The molecule has 24 heavy (non-hydrogen) atoms. The van der Waals surface area contributed by atoms with E-state index in [0.29, 0.717) is 19.5 Å². The van der Waals surface area contributed by atoms with E-state index in [1.54, 1.807) is 4.90 Å². The lowest BCUT2D eigenvalue weighted by molar-refractivity contribution is 0.0208. The van der Waals surface area contributed by atoms with Crippen LogP contribution in [0.3, 0.4) is 0 Å². The quantitative estimate of drug-likeness (QED) is 0.749. The van der Waals surface area contributed by atoms with E-state index < -0.39 is 21.5 Å². The van der Waals surface area contributed by atoms with Gasteiger partial charge in [0.1, 0.15) is 5.60 Å². The van der Waals surface area contributed by atoms with Gasteiger partial charge in [0.15, 0.2) is 9.84 Å². The number of ether oxygens (including phenoxy) is 1. The highest BCUT2D eigenvalue weighted by Gasteiger charge is 2.32. The number of carbonyl (C=O) groups is 1. The average Bonchev–Trinajstić information content (AvgIpc) is 2.75. The van der Waals surface area contributed by atoms with Crippen LogP contribution in [-0.2, 0) is 21.1 Å². The molecule has 0 spiro atoms. The molecule has 1 atom stereocenters. The Morgan fingerprint density at radius 1 is 1.38 bits per heavy atom. The van der Waals surface area contributed by atoms with E-state index >= 15 is 0 Å². The van der Waals surface area contributed by atoms with Crippen LogP contribution in [0.15, 0.2) is 28.7 Å². The second kappa shape index (κ2) is 7.44. The largest absolute Gasteiger partial charge is 0.444 e. The van der Waals surface area contributed by atoms with Crippen LogP contribution in [0.4, 0.5) is 4.79 Å². The fourth-order valence-electron chi connectivity index (χ4n) is 2.71. The predicted octanol–water partition coefficient (Wildman–Crippen LogP) is 3.62. The van der Waals surface area contributed by atoms with Gasteiger partial charge in [-0.25, -0.2) is 13.2 Å². The van der Waals surface area contributed by atoms with E-state index in [1.807, 2.05) is 45.0 Å². The van der Waals surface area contributed by atoms with Gasteiger partial charge in [-0.2, -0.15) is 0 Å². The van der Waals surface area contributed by atoms with Crippen LogP contribution >= 0.6 is 15.9 Å². The Morgan fingerprint density at radius 3 is 2.62 bits per heavy atom. The minimum Gasteiger partial charge on any atom is -0.444 e. The Bertz CT molecular complexity index is 697. The summed E-state index contributed by atoms with van der Waals surface area (Å²) < 4.78 is 29.8. The molecule has 0 saturated carbocycles. The highest BCUT2D eigenvalue weighted by molar-refractivity contribution is 9.10. The van der Waals surface area contributed by atoms with Gasteiger partial charge in [0.2, 0.25) is 0 Å². The van der Waals surface area contributed by atoms with E-state index in [4.69, 9.17) is 4.74 Å². The first-order valence-corrected chi connectivity index (χ1v) is 10.6. The van der Waals surface area contributed by atoms with E-state index in [1.165, 1.54) is 0 Å². The molecule has 1 saturated heterocycles. The molecule has 7 heteroatoms. The van der Waals surface area contributed by atoms with Crippen molar-refractivity contribution < 1.29 is 17.9 Å². The molecule has 1 unspecified atom stereocenters. The van der Waals surface area contributed by atoms with Gasteiger partial charge in [-0.3, -0.25) is 0 Å². The third kappa shape index (κ3) is 6.09. The van der Waals surface area contributed by atoms with Crippen LogP contribution in [0.5, 0.6) is 0 Å². The van der Waals surface area contributed by atoms with Crippen molar-refractivity contribution in [2.75, 3.05) is 18.1 Å². The molecule has 1 amide bonds. The molecule has 1 aliphatic heterocycles. The van der Waals surface area contributed by atoms with Crippen LogP contribution < -0.4 is 0 Å². The molecule has 1 aromatic rings. The standard InChI is InChI=1S/C17H24BrNO4S/c1-17(2,3)23-16(20)19(10-13-5-4-6-15(18)9-13)11-14-7-8-24(21,22)12-14/h4-6,9,14H,7-8,10-12H2,1-3H3. The molecule has 0 radical (unpaired) electrons. The molecule has 0 N–H and O–H groups in total. The molecule has 134 valence electrons. The Balaban J connectivity index is 2.13. The molecule has 1 heterocycles. The lowest BCUT2D eigenvalue weighted by atomic mass is 10.1. The summed E-state index contributed by atoms with van der Waals surface area (Å²) >= 11 is 3.43. The summed E-state index contributed by atoms with van der Waals surface area (Å²) in [5, 5.41) is 0. The normalized spacial score (nSPS) is 19.9. The molecule has 1 aromatic carbocycles. The van der Waals surface area contributed by atoms with Crippen molar-refractivity contribution in [3.63, 3.8) is 0 Å². The molecule has 0 aromatic heterocycles. The fourth-order valence-corrected chi connectivity index (χ4v) is 5.01. The minimum atomic E-state index is -2.97. The summed E-state index contributed by atoms with van der Waals surface area (Å²) in [6, 6.07) is 7.72. The smallest absolute Gasteiger partial charge is 0.410 e. The Hall–Kier alpha value is -1.08. The zero-order valence-electron chi connectivity index (χ0n) is 14.3. The third-order valence-corrected chi connectivity index (χ3v) is 6.05. The number of hydrogen-bond acceptors (Lipinski definition) is 4. The molecule has 1 fully saturated rings. The van der Waals surface area contributed by atoms with E-state index in [-0.39, 0.29) is 17.4 Å². The maximum atomic E-state index is 12.5. The number of hydrogen-bond donors (Lipinski definition) is 0. The zero-order chi connectivity index (χ0) is 18.0. The van der Waals surface area contributed by atoms with Crippen molar-refractivity contribution in [2.45, 2.75) is 39.3 Å². The first kappa shape index (κ1) is 19.2. The molecule has 5 nitrogen and oxygen atoms in total. The maximum Gasteiger partial charge on any atom is 0.410 e. The molecular formula is C17H24BrNO4S.